The van der Waals surface area contributed by atoms with Gasteiger partial charge in [0, 0.05) is 38.0 Å². The highest BCUT2D eigenvalue weighted by Gasteiger charge is 2.18. The second-order valence-corrected chi connectivity index (χ2v) is 4.61. The van der Waals surface area contributed by atoms with Crippen molar-refractivity contribution in [3.8, 4) is 0 Å². The summed E-state index contributed by atoms with van der Waals surface area (Å²) in [6, 6.07) is 3.74. The number of nitrogens with zero attached hydrogens (tertiary/aromatic N) is 2. The molecule has 16 heavy (non-hydrogen) atoms. The average Bonchev–Trinajstić information content (AvgIpc) is 2.30. The molecule has 1 saturated heterocycles. The molecule has 0 bridgehead atoms. The van der Waals surface area contributed by atoms with Gasteiger partial charge in [0.1, 0.15) is 0 Å². The molecule has 0 unspecified atom stereocenters. The van der Waals surface area contributed by atoms with E-state index in [1.807, 2.05) is 12.1 Å². The van der Waals surface area contributed by atoms with Crippen LogP contribution in [0.5, 0.6) is 0 Å². The van der Waals surface area contributed by atoms with Gasteiger partial charge in [-0.1, -0.05) is 11.6 Å². The fourth-order valence-electron chi connectivity index (χ4n) is 2.07. The summed E-state index contributed by atoms with van der Waals surface area (Å²) < 4.78 is 5.35. The molecule has 0 spiro atoms. The molecule has 0 radical (unpaired) electrons. The van der Waals surface area contributed by atoms with Gasteiger partial charge in [-0.25, -0.2) is 0 Å². The van der Waals surface area contributed by atoms with E-state index in [0.29, 0.717) is 6.10 Å². The number of hydrogen-bond acceptors (Lipinski definition) is 3. The molecule has 4 heteroatoms. The maximum absolute atomic E-state index is 5.93. The minimum absolute atomic E-state index is 0.434. The van der Waals surface area contributed by atoms with Crippen molar-refractivity contribution in [2.75, 3.05) is 20.2 Å². The first-order valence-corrected chi connectivity index (χ1v) is 6.01. The molecular weight excluding hydrogens is 224 g/mol. The largest absolute Gasteiger partial charge is 0.381 e. The lowest BCUT2D eigenvalue weighted by molar-refractivity contribution is 0.0385. The molecule has 88 valence electrons. The number of hydrogen-bond donors (Lipinski definition) is 0. The van der Waals surface area contributed by atoms with E-state index in [-0.39, 0.29) is 0 Å². The third-order valence-electron chi connectivity index (χ3n) is 3.03. The topological polar surface area (TPSA) is 25.4 Å². The summed E-state index contributed by atoms with van der Waals surface area (Å²) in [5.74, 6) is 0. The molecule has 0 amide bonds. The Hall–Kier alpha value is -0.640. The quantitative estimate of drug-likeness (QED) is 0.811. The number of likely N-dealkylation sites (tertiary alicyclic amines) is 1. The number of pyridine rings is 1. The second-order valence-electron chi connectivity index (χ2n) is 4.18. The molecule has 0 atom stereocenters. The molecule has 1 aromatic heterocycles. The predicted molar refractivity (Wildman–Crippen MR) is 64.6 cm³/mol. The van der Waals surface area contributed by atoms with Crippen molar-refractivity contribution in [2.24, 2.45) is 0 Å². The van der Waals surface area contributed by atoms with Crippen molar-refractivity contribution < 1.29 is 4.74 Å². The predicted octanol–water partition coefficient (Wildman–Crippen LogP) is 2.35. The highest BCUT2D eigenvalue weighted by molar-refractivity contribution is 6.30. The van der Waals surface area contributed by atoms with Gasteiger partial charge in [-0.05, 0) is 25.0 Å². The van der Waals surface area contributed by atoms with E-state index in [1.54, 1.807) is 13.3 Å². The van der Waals surface area contributed by atoms with Crippen molar-refractivity contribution in [3.05, 3.63) is 29.0 Å². The van der Waals surface area contributed by atoms with Gasteiger partial charge in [0.2, 0.25) is 0 Å². The number of aromatic nitrogens is 1. The highest BCUT2D eigenvalue weighted by Crippen LogP contribution is 2.16. The number of methoxy groups -OCH3 is 1. The summed E-state index contributed by atoms with van der Waals surface area (Å²) in [7, 11) is 1.79. The fraction of sp³-hybridized carbons (Fsp3) is 0.583. The third-order valence-corrected chi connectivity index (χ3v) is 3.27. The minimum atomic E-state index is 0.434. The maximum Gasteiger partial charge on any atom is 0.0595 e. The Morgan fingerprint density at radius 2 is 2.25 bits per heavy atom. The first kappa shape index (κ1) is 11.8. The van der Waals surface area contributed by atoms with Gasteiger partial charge in [-0.2, -0.15) is 0 Å². The van der Waals surface area contributed by atoms with Gasteiger partial charge in [0.05, 0.1) is 11.8 Å². The summed E-state index contributed by atoms with van der Waals surface area (Å²) >= 11 is 5.93. The monoisotopic (exact) mass is 240 g/mol. The lowest BCUT2D eigenvalue weighted by Gasteiger charge is -2.30. The first-order valence-electron chi connectivity index (χ1n) is 5.63. The summed E-state index contributed by atoms with van der Waals surface area (Å²) in [6.45, 7) is 3.04. The SMILES string of the molecule is COC1CCN(Cc2cc(Cl)ccn2)CC1. The van der Waals surface area contributed by atoms with Gasteiger partial charge in [-0.15, -0.1) is 0 Å². The Kier molecular flexibility index (Phi) is 4.16. The van der Waals surface area contributed by atoms with Crippen molar-refractivity contribution in [1.29, 1.82) is 0 Å². The van der Waals surface area contributed by atoms with Crippen LogP contribution in [-0.4, -0.2) is 36.2 Å². The number of ether oxygens (including phenoxy) is 1. The van der Waals surface area contributed by atoms with Gasteiger partial charge in [-0.3, -0.25) is 9.88 Å². The standard InChI is InChI=1S/C12H17ClN2O/c1-16-12-3-6-15(7-4-12)9-11-8-10(13)2-5-14-11/h2,5,8,12H,3-4,6-7,9H2,1H3. The van der Waals surface area contributed by atoms with Crippen LogP contribution in [0.4, 0.5) is 0 Å². The Morgan fingerprint density at radius 3 is 2.88 bits per heavy atom. The third kappa shape index (κ3) is 3.17. The van der Waals surface area contributed by atoms with Crippen molar-refractivity contribution in [3.63, 3.8) is 0 Å². The van der Waals surface area contributed by atoms with Crippen LogP contribution < -0.4 is 0 Å². The van der Waals surface area contributed by atoms with E-state index in [4.69, 9.17) is 16.3 Å². The van der Waals surface area contributed by atoms with Crippen molar-refractivity contribution in [1.82, 2.24) is 9.88 Å². The zero-order valence-electron chi connectivity index (χ0n) is 9.53. The van der Waals surface area contributed by atoms with Gasteiger partial charge in [0.25, 0.3) is 0 Å². The smallest absolute Gasteiger partial charge is 0.0595 e. The van der Waals surface area contributed by atoms with Gasteiger partial charge in [0.15, 0.2) is 0 Å². The highest BCUT2D eigenvalue weighted by atomic mass is 35.5. The van der Waals surface area contributed by atoms with Crippen molar-refractivity contribution in [2.45, 2.75) is 25.5 Å². The Morgan fingerprint density at radius 1 is 1.50 bits per heavy atom. The second kappa shape index (κ2) is 5.62. The Balaban J connectivity index is 1.87. The first-order chi connectivity index (χ1) is 7.78. The van der Waals surface area contributed by atoms with Crippen LogP contribution in [0.1, 0.15) is 18.5 Å². The van der Waals surface area contributed by atoms with Crippen LogP contribution >= 0.6 is 11.6 Å². The van der Waals surface area contributed by atoms with Crippen LogP contribution in [0, 0.1) is 0 Å². The van der Waals surface area contributed by atoms with Gasteiger partial charge >= 0.3 is 0 Å². The van der Waals surface area contributed by atoms with Crippen LogP contribution in [0.25, 0.3) is 0 Å². The number of rotatable bonds is 3. The molecule has 3 nitrogen and oxygen atoms in total. The number of piperidine rings is 1. The molecule has 1 aliphatic rings. The van der Waals surface area contributed by atoms with Crippen LogP contribution in [-0.2, 0) is 11.3 Å². The molecule has 0 saturated carbocycles. The maximum atomic E-state index is 5.93. The lowest BCUT2D eigenvalue weighted by Crippen LogP contribution is -2.36. The summed E-state index contributed by atoms with van der Waals surface area (Å²) in [6.07, 6.45) is 4.41. The normalized spacial score (nSPS) is 18.9. The van der Waals surface area contributed by atoms with E-state index in [2.05, 4.69) is 9.88 Å². The fourth-order valence-corrected chi connectivity index (χ4v) is 2.25. The number of halogens is 1. The molecule has 0 N–H and O–H groups in total. The summed E-state index contributed by atoms with van der Waals surface area (Å²) in [5.41, 5.74) is 1.04. The molecule has 1 aromatic rings. The van der Waals surface area contributed by atoms with E-state index in [9.17, 15) is 0 Å². The van der Waals surface area contributed by atoms with E-state index < -0.39 is 0 Å². The lowest BCUT2D eigenvalue weighted by atomic mass is 10.1. The molecule has 2 rings (SSSR count). The molecule has 1 aliphatic heterocycles. The van der Waals surface area contributed by atoms with E-state index in [0.717, 1.165) is 43.2 Å². The van der Waals surface area contributed by atoms with Crippen LogP contribution in [0.2, 0.25) is 5.02 Å². The minimum Gasteiger partial charge on any atom is -0.381 e. The molecule has 0 aliphatic carbocycles. The summed E-state index contributed by atoms with van der Waals surface area (Å²) in [4.78, 5) is 6.71. The zero-order chi connectivity index (χ0) is 11.4. The van der Waals surface area contributed by atoms with Gasteiger partial charge < -0.3 is 4.74 Å². The van der Waals surface area contributed by atoms with E-state index in [1.165, 1.54) is 0 Å². The summed E-state index contributed by atoms with van der Waals surface area (Å²) in [5, 5.41) is 0.761. The Labute approximate surface area is 101 Å². The molecule has 2 heterocycles. The molecule has 0 aromatic carbocycles. The zero-order valence-corrected chi connectivity index (χ0v) is 10.3. The Bertz CT molecular complexity index is 338. The molecular formula is C12H17ClN2O. The van der Waals surface area contributed by atoms with Crippen molar-refractivity contribution >= 4 is 11.6 Å². The van der Waals surface area contributed by atoms with E-state index >= 15 is 0 Å². The molecule has 1 fully saturated rings. The average molecular weight is 241 g/mol. The van der Waals surface area contributed by atoms with Crippen LogP contribution in [0.15, 0.2) is 18.3 Å². The van der Waals surface area contributed by atoms with Crippen LogP contribution in [0.3, 0.4) is 0 Å².